The van der Waals surface area contributed by atoms with Crippen molar-refractivity contribution >= 4 is 11.7 Å². The van der Waals surface area contributed by atoms with Gasteiger partial charge in [0.1, 0.15) is 18.1 Å². The number of amides is 1. The van der Waals surface area contributed by atoms with Gasteiger partial charge < -0.3 is 10.1 Å². The molecule has 5 rings (SSSR count). The Hall–Kier alpha value is -2.62. The number of Topliss-reactive ketones (excluding diaryl/α,β-unsaturated/α-hetero) is 1. The van der Waals surface area contributed by atoms with Gasteiger partial charge in [-0.3, -0.25) is 9.59 Å². The van der Waals surface area contributed by atoms with E-state index in [1.165, 1.54) is 16.7 Å². The largest absolute Gasteiger partial charge is 0.489 e. The minimum absolute atomic E-state index is 0.0747. The average molecular weight is 432 g/mol. The number of carbonyl (C=O) groups excluding carboxylic acids is 2. The predicted octanol–water partition coefficient (Wildman–Crippen LogP) is 5.05. The van der Waals surface area contributed by atoms with E-state index in [2.05, 4.69) is 42.6 Å². The maximum Gasteiger partial charge on any atom is 0.223 e. The summed E-state index contributed by atoms with van der Waals surface area (Å²) < 4.78 is 6.07. The Morgan fingerprint density at radius 2 is 1.97 bits per heavy atom. The number of aryl methyl sites for hydroxylation is 1. The summed E-state index contributed by atoms with van der Waals surface area (Å²) in [6, 6.07) is 16.8. The number of nitrogens with one attached hydrogen (secondary N) is 1. The number of ether oxygens (including phenoxy) is 1. The highest BCUT2D eigenvalue weighted by Gasteiger charge is 2.60. The molecule has 0 aromatic heterocycles. The molecule has 0 aliphatic heterocycles. The van der Waals surface area contributed by atoms with Crippen LogP contribution in [0.2, 0.25) is 0 Å². The summed E-state index contributed by atoms with van der Waals surface area (Å²) in [7, 11) is 0. The fourth-order valence-corrected chi connectivity index (χ4v) is 6.83. The summed E-state index contributed by atoms with van der Waals surface area (Å²) >= 11 is 0. The lowest BCUT2D eigenvalue weighted by Crippen LogP contribution is -2.46. The second kappa shape index (κ2) is 8.38. The number of fused-ring (bicyclic) bond motifs is 5. The molecule has 168 valence electrons. The molecule has 1 amide bonds. The molecule has 1 N–H and O–H groups in total. The molecule has 0 unspecified atom stereocenters. The summed E-state index contributed by atoms with van der Waals surface area (Å²) in [6.45, 7) is 5.27. The van der Waals surface area contributed by atoms with Gasteiger partial charge >= 0.3 is 0 Å². The highest BCUT2D eigenvalue weighted by Crippen LogP contribution is 2.61. The first kappa shape index (κ1) is 21.2. The van der Waals surface area contributed by atoms with Gasteiger partial charge in [-0.1, -0.05) is 43.3 Å². The van der Waals surface area contributed by atoms with E-state index in [9.17, 15) is 9.59 Å². The second-order valence-corrected chi connectivity index (χ2v) is 10.1. The van der Waals surface area contributed by atoms with Gasteiger partial charge in [-0.05, 0) is 79.2 Å². The van der Waals surface area contributed by atoms with Crippen LogP contribution in [0.25, 0.3) is 0 Å². The number of hydrogen-bond donors (Lipinski definition) is 1. The molecule has 0 heterocycles. The van der Waals surface area contributed by atoms with Crippen LogP contribution in [0.15, 0.2) is 48.5 Å². The molecular formula is C28H33NO3. The Balaban J connectivity index is 1.38. The topological polar surface area (TPSA) is 55.4 Å². The Morgan fingerprint density at radius 3 is 2.75 bits per heavy atom. The van der Waals surface area contributed by atoms with Gasteiger partial charge in [-0.2, -0.15) is 0 Å². The Bertz CT molecular complexity index is 1020. The number of carbonyl (C=O) groups is 2. The first-order valence-electron chi connectivity index (χ1n) is 12.1. The van der Waals surface area contributed by atoms with Gasteiger partial charge in [-0.15, -0.1) is 0 Å². The van der Waals surface area contributed by atoms with Crippen LogP contribution in [-0.2, 0) is 22.6 Å². The van der Waals surface area contributed by atoms with E-state index in [1.54, 1.807) is 0 Å². The van der Waals surface area contributed by atoms with Crippen molar-refractivity contribution in [1.82, 2.24) is 5.32 Å². The van der Waals surface area contributed by atoms with E-state index in [0.717, 1.165) is 31.4 Å². The molecule has 5 atom stereocenters. The fourth-order valence-electron chi connectivity index (χ4n) is 6.83. The molecule has 2 aromatic carbocycles. The SMILES string of the molecule is CCNC(=O)[C@@H]1CC(=O)[C@@]2(C)CC[C@@H]3c4ccc(OCc5ccccc5)cc4CC[C@H]3[C@H]12. The molecule has 0 radical (unpaired) electrons. The fraction of sp³-hybridized carbons (Fsp3) is 0.500. The third-order valence-electron chi connectivity index (χ3n) is 8.36. The van der Waals surface area contributed by atoms with Gasteiger partial charge in [0.15, 0.2) is 0 Å². The Kier molecular flexibility index (Phi) is 5.56. The minimum atomic E-state index is -0.340. The van der Waals surface area contributed by atoms with Crippen LogP contribution in [0, 0.1) is 23.2 Å². The van der Waals surface area contributed by atoms with Crippen molar-refractivity contribution in [2.24, 2.45) is 23.2 Å². The molecule has 4 heteroatoms. The number of rotatable bonds is 5. The van der Waals surface area contributed by atoms with E-state index in [4.69, 9.17) is 4.74 Å². The molecule has 2 saturated carbocycles. The molecule has 0 spiro atoms. The van der Waals surface area contributed by atoms with Crippen LogP contribution < -0.4 is 10.1 Å². The highest BCUT2D eigenvalue weighted by atomic mass is 16.5. The number of hydrogen-bond acceptors (Lipinski definition) is 3. The molecule has 2 fully saturated rings. The molecule has 3 aliphatic carbocycles. The van der Waals surface area contributed by atoms with Crippen LogP contribution >= 0.6 is 0 Å². The maximum absolute atomic E-state index is 13.0. The van der Waals surface area contributed by atoms with Crippen molar-refractivity contribution in [3.05, 3.63) is 65.2 Å². The van der Waals surface area contributed by atoms with Crippen molar-refractivity contribution in [1.29, 1.82) is 0 Å². The predicted molar refractivity (Wildman–Crippen MR) is 124 cm³/mol. The summed E-state index contributed by atoms with van der Waals surface area (Å²) in [5, 5.41) is 3.00. The Morgan fingerprint density at radius 1 is 1.16 bits per heavy atom. The van der Waals surface area contributed by atoms with E-state index in [1.807, 2.05) is 25.1 Å². The lowest BCUT2D eigenvalue weighted by Gasteiger charge is -2.49. The molecule has 2 aromatic rings. The second-order valence-electron chi connectivity index (χ2n) is 10.1. The molecule has 32 heavy (non-hydrogen) atoms. The molecule has 3 aliphatic rings. The van der Waals surface area contributed by atoms with Gasteiger partial charge in [0.2, 0.25) is 5.91 Å². The monoisotopic (exact) mass is 431 g/mol. The van der Waals surface area contributed by atoms with Crippen LogP contribution in [0.4, 0.5) is 0 Å². The minimum Gasteiger partial charge on any atom is -0.489 e. The van der Waals surface area contributed by atoms with E-state index in [-0.39, 0.29) is 23.2 Å². The smallest absolute Gasteiger partial charge is 0.223 e. The zero-order chi connectivity index (χ0) is 22.3. The zero-order valence-electron chi connectivity index (χ0n) is 19.1. The molecular weight excluding hydrogens is 398 g/mol. The average Bonchev–Trinajstić information content (AvgIpc) is 3.09. The first-order valence-corrected chi connectivity index (χ1v) is 12.1. The van der Waals surface area contributed by atoms with E-state index < -0.39 is 0 Å². The van der Waals surface area contributed by atoms with E-state index in [0.29, 0.717) is 37.2 Å². The standard InChI is InChI=1S/C28H33NO3/c1-3-29-27(31)24-16-25(30)28(2)14-13-22-21-12-10-20(32-17-18-7-5-4-6-8-18)15-19(21)9-11-23(22)26(24)28/h4-8,10,12,15,22-24,26H,3,9,11,13-14,16-17H2,1-2H3,(H,29,31)/t22-,23-,24-,26-,28-/m1/s1. The van der Waals surface area contributed by atoms with Crippen molar-refractivity contribution in [3.63, 3.8) is 0 Å². The van der Waals surface area contributed by atoms with Crippen molar-refractivity contribution in [2.45, 2.75) is 58.5 Å². The highest BCUT2D eigenvalue weighted by molar-refractivity contribution is 5.94. The third kappa shape index (κ3) is 3.54. The normalized spacial score (nSPS) is 30.8. The van der Waals surface area contributed by atoms with Gasteiger partial charge in [-0.25, -0.2) is 0 Å². The van der Waals surface area contributed by atoms with Crippen LogP contribution in [0.1, 0.15) is 62.1 Å². The maximum atomic E-state index is 13.0. The summed E-state index contributed by atoms with van der Waals surface area (Å²) in [4.78, 5) is 25.9. The number of benzene rings is 2. The quantitative estimate of drug-likeness (QED) is 0.720. The van der Waals surface area contributed by atoms with Crippen molar-refractivity contribution < 1.29 is 14.3 Å². The third-order valence-corrected chi connectivity index (χ3v) is 8.36. The van der Waals surface area contributed by atoms with Crippen LogP contribution in [-0.4, -0.2) is 18.2 Å². The van der Waals surface area contributed by atoms with Crippen LogP contribution in [0.3, 0.4) is 0 Å². The summed E-state index contributed by atoms with van der Waals surface area (Å²) in [5.74, 6) is 2.11. The molecule has 0 bridgehead atoms. The van der Waals surface area contributed by atoms with Crippen molar-refractivity contribution in [3.8, 4) is 5.75 Å². The first-order chi connectivity index (χ1) is 15.5. The summed E-state index contributed by atoms with van der Waals surface area (Å²) in [5.41, 5.74) is 3.61. The molecule has 4 nitrogen and oxygen atoms in total. The molecule has 0 saturated heterocycles. The zero-order valence-corrected chi connectivity index (χ0v) is 19.1. The van der Waals surface area contributed by atoms with Gasteiger partial charge in [0, 0.05) is 24.3 Å². The lowest BCUT2D eigenvalue weighted by atomic mass is 9.54. The lowest BCUT2D eigenvalue weighted by molar-refractivity contribution is -0.130. The van der Waals surface area contributed by atoms with Crippen LogP contribution in [0.5, 0.6) is 5.75 Å². The van der Waals surface area contributed by atoms with Gasteiger partial charge in [0.05, 0.1) is 0 Å². The summed E-state index contributed by atoms with van der Waals surface area (Å²) in [6.07, 6.45) is 4.36. The van der Waals surface area contributed by atoms with E-state index >= 15 is 0 Å². The number of ketones is 1. The van der Waals surface area contributed by atoms with Gasteiger partial charge in [0.25, 0.3) is 0 Å². The Labute approximate surface area is 190 Å². The van der Waals surface area contributed by atoms with Crippen molar-refractivity contribution in [2.75, 3.05) is 6.54 Å².